The van der Waals surface area contributed by atoms with E-state index in [0.717, 1.165) is 24.4 Å². The molecule has 0 spiro atoms. The number of likely N-dealkylation sites (tertiary alicyclic amines) is 1. The zero-order chi connectivity index (χ0) is 17.2. The van der Waals surface area contributed by atoms with Crippen LogP contribution in [0.25, 0.3) is 0 Å². The molecular weight excluding hydrogens is 294 g/mol. The average molecular weight is 336 g/mol. The molecule has 3 aliphatic carbocycles. The maximum Gasteiger partial charge on any atom is 0.0683 e. The Labute approximate surface area is 150 Å². The highest BCUT2D eigenvalue weighted by molar-refractivity contribution is 5.02. The second kappa shape index (κ2) is 7.66. The highest BCUT2D eigenvalue weighted by atomic mass is 16.5. The summed E-state index contributed by atoms with van der Waals surface area (Å²) in [5, 5.41) is 0. The predicted molar refractivity (Wildman–Crippen MR) is 102 cm³/mol. The van der Waals surface area contributed by atoms with E-state index in [1.807, 2.05) is 0 Å². The predicted octanol–water partition coefficient (Wildman–Crippen LogP) is 5.51. The molecule has 0 aromatic rings. The van der Waals surface area contributed by atoms with Gasteiger partial charge in [0.2, 0.25) is 0 Å². The summed E-state index contributed by atoms with van der Waals surface area (Å²) >= 11 is 0. The fraction of sp³-hybridized carbons (Fsp3) is 1.00. The molecule has 2 nitrogen and oxygen atoms in total. The smallest absolute Gasteiger partial charge is 0.0683 e. The van der Waals surface area contributed by atoms with Crippen molar-refractivity contribution in [2.24, 2.45) is 23.2 Å². The first-order chi connectivity index (χ1) is 11.4. The average Bonchev–Trinajstić information content (AvgIpc) is 2.57. The van der Waals surface area contributed by atoms with E-state index in [4.69, 9.17) is 4.74 Å². The molecule has 1 heterocycles. The molecule has 0 radical (unpaired) electrons. The van der Waals surface area contributed by atoms with E-state index in [0.29, 0.717) is 5.41 Å². The molecule has 140 valence electrons. The molecule has 2 heteroatoms. The van der Waals surface area contributed by atoms with Crippen LogP contribution in [-0.4, -0.2) is 36.7 Å². The topological polar surface area (TPSA) is 12.5 Å². The van der Waals surface area contributed by atoms with Gasteiger partial charge in [-0.15, -0.1) is 0 Å². The highest BCUT2D eigenvalue weighted by Crippen LogP contribution is 2.54. The Hall–Kier alpha value is -0.0800. The number of nitrogens with zero attached hydrogens (tertiary/aromatic N) is 1. The Kier molecular flexibility index (Phi) is 5.97. The van der Waals surface area contributed by atoms with E-state index in [1.165, 1.54) is 77.4 Å². The van der Waals surface area contributed by atoms with Gasteiger partial charge >= 0.3 is 0 Å². The number of piperidine rings is 1. The first-order valence-corrected chi connectivity index (χ1v) is 10.8. The summed E-state index contributed by atoms with van der Waals surface area (Å²) < 4.78 is 6.43. The molecule has 0 aromatic carbocycles. The third-order valence-electron chi connectivity index (χ3n) is 7.57. The first-order valence-electron chi connectivity index (χ1n) is 10.8. The molecule has 4 rings (SSSR count). The van der Waals surface area contributed by atoms with Gasteiger partial charge in [-0.25, -0.2) is 0 Å². The molecule has 1 saturated heterocycles. The fourth-order valence-electron chi connectivity index (χ4n) is 5.45. The monoisotopic (exact) mass is 335 g/mol. The maximum atomic E-state index is 6.43. The van der Waals surface area contributed by atoms with E-state index in [1.54, 1.807) is 0 Å². The number of rotatable bonds is 7. The number of hydrogen-bond acceptors (Lipinski definition) is 2. The summed E-state index contributed by atoms with van der Waals surface area (Å²) in [5.74, 6) is 2.61. The molecule has 0 aromatic heterocycles. The van der Waals surface area contributed by atoms with Gasteiger partial charge < -0.3 is 9.64 Å². The van der Waals surface area contributed by atoms with Gasteiger partial charge in [0.25, 0.3) is 0 Å². The number of hydrogen-bond donors (Lipinski definition) is 0. The van der Waals surface area contributed by atoms with Crippen molar-refractivity contribution in [1.82, 2.24) is 4.90 Å². The normalized spacial score (nSPS) is 35.2. The summed E-state index contributed by atoms with van der Waals surface area (Å²) in [6.07, 6.45) is 12.3. The lowest BCUT2D eigenvalue weighted by Crippen LogP contribution is -2.52. The van der Waals surface area contributed by atoms with Crippen LogP contribution in [0, 0.1) is 23.2 Å². The standard InChI is InChI=1S/C22H41NO/c1-18(2)7-16-24-22-11-8-21(9-12-22,10-13-22)17-23-14-5-20(6-15-23)19(3)4/h18-20H,5-17H2,1-4H3. The van der Waals surface area contributed by atoms with Gasteiger partial charge in [0, 0.05) is 13.2 Å². The van der Waals surface area contributed by atoms with E-state index < -0.39 is 0 Å². The second-order valence-electron chi connectivity index (χ2n) is 10.1. The summed E-state index contributed by atoms with van der Waals surface area (Å²) in [5.41, 5.74) is 0.898. The van der Waals surface area contributed by atoms with Gasteiger partial charge in [0.05, 0.1) is 5.60 Å². The van der Waals surface area contributed by atoms with Gasteiger partial charge in [0.15, 0.2) is 0 Å². The van der Waals surface area contributed by atoms with Crippen molar-refractivity contribution >= 4 is 0 Å². The summed E-state index contributed by atoms with van der Waals surface area (Å²) in [7, 11) is 0. The molecule has 24 heavy (non-hydrogen) atoms. The first kappa shape index (κ1) is 18.7. The molecule has 0 unspecified atom stereocenters. The Morgan fingerprint density at radius 3 is 2.00 bits per heavy atom. The van der Waals surface area contributed by atoms with Crippen LogP contribution in [-0.2, 0) is 4.74 Å². The minimum absolute atomic E-state index is 0.265. The molecule has 3 saturated carbocycles. The van der Waals surface area contributed by atoms with Crippen LogP contribution in [0.15, 0.2) is 0 Å². The van der Waals surface area contributed by atoms with Crippen LogP contribution in [0.5, 0.6) is 0 Å². The highest BCUT2D eigenvalue weighted by Gasteiger charge is 2.49. The van der Waals surface area contributed by atoms with Gasteiger partial charge in [-0.2, -0.15) is 0 Å². The van der Waals surface area contributed by atoms with E-state index >= 15 is 0 Å². The summed E-state index contributed by atoms with van der Waals surface area (Å²) in [6, 6.07) is 0. The summed E-state index contributed by atoms with van der Waals surface area (Å²) in [4.78, 5) is 2.80. The van der Waals surface area contributed by atoms with Crippen LogP contribution in [0.1, 0.15) is 85.5 Å². The van der Waals surface area contributed by atoms with Gasteiger partial charge in [-0.3, -0.25) is 0 Å². The number of fused-ring (bicyclic) bond motifs is 3. The third-order valence-corrected chi connectivity index (χ3v) is 7.57. The van der Waals surface area contributed by atoms with Gasteiger partial charge in [-0.1, -0.05) is 27.7 Å². The van der Waals surface area contributed by atoms with Gasteiger partial charge in [-0.05, 0) is 94.0 Å². The third kappa shape index (κ3) is 4.36. The summed E-state index contributed by atoms with van der Waals surface area (Å²) in [6.45, 7) is 14.5. The lowest BCUT2D eigenvalue weighted by atomic mass is 9.58. The van der Waals surface area contributed by atoms with Crippen molar-refractivity contribution < 1.29 is 4.74 Å². The minimum atomic E-state index is 0.265. The van der Waals surface area contributed by atoms with Crippen LogP contribution >= 0.6 is 0 Å². The van der Waals surface area contributed by atoms with Crippen molar-refractivity contribution in [3.63, 3.8) is 0 Å². The van der Waals surface area contributed by atoms with Crippen molar-refractivity contribution in [3.8, 4) is 0 Å². The molecule has 0 N–H and O–H groups in total. The second-order valence-corrected chi connectivity index (χ2v) is 10.1. The van der Waals surface area contributed by atoms with Gasteiger partial charge in [0.1, 0.15) is 0 Å². The number of ether oxygens (including phenoxy) is 1. The Bertz CT molecular complexity index is 370. The van der Waals surface area contributed by atoms with Crippen molar-refractivity contribution in [1.29, 1.82) is 0 Å². The molecule has 1 aliphatic heterocycles. The SMILES string of the molecule is CC(C)CCOC12CCC(CN3CCC(C(C)C)CC3)(CC1)CC2. The Balaban J connectivity index is 1.45. The Morgan fingerprint density at radius 2 is 1.50 bits per heavy atom. The fourth-order valence-corrected chi connectivity index (χ4v) is 5.45. The molecule has 4 aliphatic rings. The van der Waals surface area contributed by atoms with Crippen molar-refractivity contribution in [2.45, 2.75) is 91.1 Å². The van der Waals surface area contributed by atoms with Crippen LogP contribution in [0.4, 0.5) is 0 Å². The molecule has 4 fully saturated rings. The lowest BCUT2D eigenvalue weighted by molar-refractivity contribution is -0.143. The quantitative estimate of drug-likeness (QED) is 0.608. The molecule has 0 amide bonds. The van der Waals surface area contributed by atoms with E-state index in [2.05, 4.69) is 32.6 Å². The van der Waals surface area contributed by atoms with Crippen molar-refractivity contribution in [2.75, 3.05) is 26.2 Å². The zero-order valence-electron chi connectivity index (χ0n) is 16.8. The van der Waals surface area contributed by atoms with E-state index in [-0.39, 0.29) is 5.60 Å². The van der Waals surface area contributed by atoms with Crippen LogP contribution in [0.2, 0.25) is 0 Å². The van der Waals surface area contributed by atoms with Crippen LogP contribution < -0.4 is 0 Å². The zero-order valence-corrected chi connectivity index (χ0v) is 16.8. The van der Waals surface area contributed by atoms with Crippen LogP contribution in [0.3, 0.4) is 0 Å². The van der Waals surface area contributed by atoms with E-state index in [9.17, 15) is 0 Å². The van der Waals surface area contributed by atoms with Crippen molar-refractivity contribution in [3.05, 3.63) is 0 Å². The molecular formula is C22H41NO. The molecule has 2 bridgehead atoms. The molecule has 0 atom stereocenters. The maximum absolute atomic E-state index is 6.43. The Morgan fingerprint density at radius 1 is 0.917 bits per heavy atom. The largest absolute Gasteiger partial charge is 0.375 e. The lowest BCUT2D eigenvalue weighted by Gasteiger charge is -2.55. The minimum Gasteiger partial charge on any atom is -0.375 e.